The Labute approximate surface area is 271 Å². The predicted molar refractivity (Wildman–Crippen MR) is 173 cm³/mol. The lowest BCUT2D eigenvalue weighted by Crippen LogP contribution is -2.51. The number of rotatable bonds is 6. The number of hydrogen-bond acceptors (Lipinski definition) is 9. The molecule has 5 aliphatic rings. The van der Waals surface area contributed by atoms with Crippen molar-refractivity contribution in [2.45, 2.75) is 94.5 Å². The van der Waals surface area contributed by atoms with Gasteiger partial charge in [-0.2, -0.15) is 15.1 Å². The quantitative estimate of drug-likeness (QED) is 0.409. The third-order valence-electron chi connectivity index (χ3n) is 11.5. The highest BCUT2D eigenvalue weighted by Gasteiger charge is 2.50. The Morgan fingerprint density at radius 2 is 1.96 bits per heavy atom. The molecule has 0 radical (unpaired) electrons. The lowest BCUT2D eigenvalue weighted by molar-refractivity contribution is 0.0352. The van der Waals surface area contributed by atoms with Crippen LogP contribution < -0.4 is 9.64 Å². The summed E-state index contributed by atoms with van der Waals surface area (Å²) in [5.74, 6) is 0.922. The van der Waals surface area contributed by atoms with Crippen molar-refractivity contribution >= 4 is 5.82 Å². The number of nitrogens with zero attached hydrogens (tertiary/aromatic N) is 8. The van der Waals surface area contributed by atoms with Gasteiger partial charge in [-0.05, 0) is 83.4 Å². The van der Waals surface area contributed by atoms with E-state index in [0.717, 1.165) is 93.9 Å². The Morgan fingerprint density at radius 1 is 1.09 bits per heavy atom. The van der Waals surface area contributed by atoms with Gasteiger partial charge in [0.25, 0.3) is 0 Å². The van der Waals surface area contributed by atoms with Crippen LogP contribution in [-0.2, 0) is 38.0 Å². The second kappa shape index (κ2) is 11.5. The summed E-state index contributed by atoms with van der Waals surface area (Å²) in [6.45, 7) is 4.84. The molecule has 3 aromatic rings. The van der Waals surface area contributed by atoms with Gasteiger partial charge in [0.1, 0.15) is 24.3 Å². The molecule has 2 aromatic heterocycles. The summed E-state index contributed by atoms with van der Waals surface area (Å²) in [7, 11) is 5.97. The van der Waals surface area contributed by atoms with Gasteiger partial charge in [0.2, 0.25) is 0 Å². The van der Waals surface area contributed by atoms with Crippen LogP contribution in [0.5, 0.6) is 6.01 Å². The van der Waals surface area contributed by atoms with Crippen LogP contribution in [0.4, 0.5) is 10.2 Å². The molecule has 2 fully saturated rings. The fraction of sp³-hybridized carbons (Fsp3) is 0.629. The monoisotopic (exact) mass is 630 g/mol. The lowest BCUT2D eigenvalue weighted by Gasteiger charge is -2.49. The highest BCUT2D eigenvalue weighted by Crippen LogP contribution is 2.47. The van der Waals surface area contributed by atoms with Crippen molar-refractivity contribution < 1.29 is 14.2 Å². The van der Waals surface area contributed by atoms with Gasteiger partial charge < -0.3 is 14.7 Å². The number of aryl methyl sites for hydroxylation is 2. The summed E-state index contributed by atoms with van der Waals surface area (Å²) in [4.78, 5) is 19.3. The Balaban J connectivity index is 1.17. The Kier molecular flexibility index (Phi) is 7.58. The molecule has 0 amide bonds. The molecule has 1 N–H and O–H groups in total. The van der Waals surface area contributed by atoms with Crippen LogP contribution in [0.25, 0.3) is 0 Å². The van der Waals surface area contributed by atoms with Gasteiger partial charge in [0.15, 0.2) is 6.23 Å². The molecule has 0 bridgehead atoms. The molecule has 8 rings (SSSR count). The highest BCUT2D eigenvalue weighted by molar-refractivity contribution is 5.53. The van der Waals surface area contributed by atoms with Gasteiger partial charge in [-0.3, -0.25) is 19.4 Å². The van der Waals surface area contributed by atoms with E-state index in [0.29, 0.717) is 37.8 Å². The third kappa shape index (κ3) is 5.01. The molecule has 4 aliphatic heterocycles. The molecule has 1 aliphatic carbocycles. The van der Waals surface area contributed by atoms with Crippen molar-refractivity contribution in [1.82, 2.24) is 34.4 Å². The van der Waals surface area contributed by atoms with Crippen LogP contribution in [0.15, 0.2) is 30.3 Å². The normalized spacial score (nSPS) is 28.6. The molecule has 4 atom stereocenters. The van der Waals surface area contributed by atoms with E-state index in [1.54, 1.807) is 4.90 Å². The Morgan fingerprint density at radius 3 is 2.83 bits per heavy atom. The second-order valence-electron chi connectivity index (χ2n) is 14.6. The second-order valence-corrected chi connectivity index (χ2v) is 14.6. The molecule has 246 valence electrons. The van der Waals surface area contributed by atoms with E-state index in [4.69, 9.17) is 19.8 Å². The summed E-state index contributed by atoms with van der Waals surface area (Å²) in [6, 6.07) is 11.4. The maximum Gasteiger partial charge on any atom is 0.318 e. The van der Waals surface area contributed by atoms with Gasteiger partial charge in [0.05, 0.1) is 29.0 Å². The standard InChI is InChI=1S/C35H47FN8O2/c1-40(2)32(45)29-17-26-21-42(14-8-16-44(26)39-29)31-27-22-41(3)35(13-6-10-24-9-4-5-11-28(24)35)19-30(27)37-33(38-31)46-23-34-12-7-15-43(34)20-25(36)18-34/h4-5,9,11,17,25,32,45H,6-8,10,12-16,18-23H2,1-3H3/t25-,32?,34+,35+/m1/s1. The first-order chi connectivity index (χ1) is 22.2. The smallest absolute Gasteiger partial charge is 0.318 e. The van der Waals surface area contributed by atoms with Gasteiger partial charge in [-0.15, -0.1) is 0 Å². The van der Waals surface area contributed by atoms with E-state index in [1.807, 2.05) is 24.8 Å². The number of ether oxygens (including phenoxy) is 1. The molecule has 0 saturated carbocycles. The van der Waals surface area contributed by atoms with Crippen LogP contribution >= 0.6 is 0 Å². The van der Waals surface area contributed by atoms with Gasteiger partial charge >= 0.3 is 6.01 Å². The summed E-state index contributed by atoms with van der Waals surface area (Å²) < 4.78 is 23.2. The first kappa shape index (κ1) is 30.2. The van der Waals surface area contributed by atoms with Crippen LogP contribution in [0.3, 0.4) is 0 Å². The molecule has 10 nitrogen and oxygen atoms in total. The summed E-state index contributed by atoms with van der Waals surface area (Å²) in [5, 5.41) is 15.5. The first-order valence-electron chi connectivity index (χ1n) is 17.1. The molecule has 1 spiro atoms. The number of aliphatic hydroxyl groups is 1. The van der Waals surface area contributed by atoms with Crippen molar-refractivity contribution in [2.24, 2.45) is 0 Å². The molecule has 11 heteroatoms. The molecule has 6 heterocycles. The number of anilines is 1. The number of halogens is 1. The minimum absolute atomic E-state index is 0.118. The van der Waals surface area contributed by atoms with Crippen molar-refractivity contribution in [1.29, 1.82) is 0 Å². The fourth-order valence-electron chi connectivity index (χ4n) is 9.11. The van der Waals surface area contributed by atoms with E-state index in [2.05, 4.69) is 46.0 Å². The number of benzene rings is 1. The molecule has 1 aromatic carbocycles. The summed E-state index contributed by atoms with van der Waals surface area (Å²) >= 11 is 0. The van der Waals surface area contributed by atoms with E-state index < -0.39 is 12.4 Å². The molecule has 1 unspecified atom stereocenters. The van der Waals surface area contributed by atoms with Crippen LogP contribution in [-0.4, -0.2) is 98.6 Å². The number of likely N-dealkylation sites (N-methyl/N-ethyl adjacent to an activating group) is 1. The largest absolute Gasteiger partial charge is 0.461 e. The summed E-state index contributed by atoms with van der Waals surface area (Å²) in [6.07, 6.45) is 6.05. The zero-order chi connectivity index (χ0) is 31.6. The minimum atomic E-state index is -0.802. The fourth-order valence-corrected chi connectivity index (χ4v) is 9.11. The Hall–Kier alpha value is -3.12. The van der Waals surface area contributed by atoms with Gasteiger partial charge in [0, 0.05) is 44.6 Å². The molecular weight excluding hydrogens is 583 g/mol. The lowest BCUT2D eigenvalue weighted by atomic mass is 9.71. The number of fused-ring (bicyclic) bond motifs is 5. The molecule has 46 heavy (non-hydrogen) atoms. The number of alkyl halides is 1. The Bertz CT molecular complexity index is 1610. The van der Waals surface area contributed by atoms with Gasteiger partial charge in [-0.1, -0.05) is 24.3 Å². The number of aromatic nitrogens is 4. The van der Waals surface area contributed by atoms with E-state index in [-0.39, 0.29) is 11.1 Å². The van der Waals surface area contributed by atoms with Crippen LogP contribution in [0.2, 0.25) is 0 Å². The highest BCUT2D eigenvalue weighted by atomic mass is 19.1. The number of aliphatic hydroxyl groups excluding tert-OH is 1. The van der Waals surface area contributed by atoms with E-state index in [1.165, 1.54) is 11.1 Å². The first-order valence-corrected chi connectivity index (χ1v) is 17.1. The van der Waals surface area contributed by atoms with Crippen molar-refractivity contribution in [3.63, 3.8) is 0 Å². The average Bonchev–Trinajstić information content (AvgIpc) is 3.67. The van der Waals surface area contributed by atoms with Crippen LogP contribution in [0.1, 0.15) is 78.5 Å². The van der Waals surface area contributed by atoms with Crippen molar-refractivity contribution in [3.8, 4) is 6.01 Å². The zero-order valence-electron chi connectivity index (χ0n) is 27.5. The van der Waals surface area contributed by atoms with Crippen LogP contribution in [0, 0.1) is 0 Å². The average molecular weight is 631 g/mol. The SMILES string of the molecule is CN(C)C(O)c1cc2n(n1)CCCN(c1nc(OC[C@@]34CCCN3C[C@H](F)C4)nc3c1CN(C)[C@@]1(CCCc4ccccc41)C3)C2. The molecular formula is C35H47FN8O2. The third-order valence-corrected chi connectivity index (χ3v) is 11.5. The predicted octanol–water partition coefficient (Wildman–Crippen LogP) is 3.81. The van der Waals surface area contributed by atoms with Crippen molar-refractivity contribution in [2.75, 3.05) is 52.3 Å². The van der Waals surface area contributed by atoms with E-state index in [9.17, 15) is 9.50 Å². The van der Waals surface area contributed by atoms with Gasteiger partial charge in [-0.25, -0.2) is 4.39 Å². The topological polar surface area (TPSA) is 86.0 Å². The van der Waals surface area contributed by atoms with Crippen molar-refractivity contribution in [3.05, 3.63) is 64.1 Å². The summed E-state index contributed by atoms with van der Waals surface area (Å²) in [5.41, 5.74) is 6.43. The number of hydrogen-bond donors (Lipinski definition) is 1. The zero-order valence-corrected chi connectivity index (χ0v) is 27.5. The van der Waals surface area contributed by atoms with E-state index >= 15 is 0 Å². The minimum Gasteiger partial charge on any atom is -0.461 e. The molecule has 2 saturated heterocycles. The maximum absolute atomic E-state index is 14.6. The maximum atomic E-state index is 14.6.